The fraction of sp³-hybridized carbons (Fsp3) is 0.364. The van der Waals surface area contributed by atoms with Crippen LogP contribution in [0.2, 0.25) is 0 Å². The van der Waals surface area contributed by atoms with E-state index in [0.29, 0.717) is 6.42 Å². The zero-order valence-corrected chi connectivity index (χ0v) is 8.40. The highest BCUT2D eigenvalue weighted by molar-refractivity contribution is 5.73. The minimum absolute atomic E-state index is 0.134. The quantitative estimate of drug-likeness (QED) is 0.686. The highest BCUT2D eigenvalue weighted by Crippen LogP contribution is 2.34. The van der Waals surface area contributed by atoms with Gasteiger partial charge in [0.05, 0.1) is 5.92 Å². The first kappa shape index (κ1) is 9.83. The van der Waals surface area contributed by atoms with Crippen LogP contribution in [0.25, 0.3) is 0 Å². The molecule has 0 saturated carbocycles. The van der Waals surface area contributed by atoms with Crippen LogP contribution in [-0.2, 0) is 11.2 Å². The van der Waals surface area contributed by atoms with Crippen molar-refractivity contribution in [2.75, 3.05) is 5.32 Å². The summed E-state index contributed by atoms with van der Waals surface area (Å²) in [7, 11) is 0. The number of hydrogen-bond acceptors (Lipinski definition) is 3. The Balaban J connectivity index is 2.23. The molecule has 1 aromatic rings. The molecule has 1 heterocycles. The second-order valence-corrected chi connectivity index (χ2v) is 3.89. The number of nitrogens with one attached hydrogen (secondary N) is 1. The van der Waals surface area contributed by atoms with Crippen LogP contribution in [-0.4, -0.2) is 22.2 Å². The van der Waals surface area contributed by atoms with E-state index in [1.165, 1.54) is 0 Å². The summed E-state index contributed by atoms with van der Waals surface area (Å²) in [6, 6.07) is 5.08. The smallest absolute Gasteiger partial charge is 0.308 e. The van der Waals surface area contributed by atoms with Gasteiger partial charge in [-0.15, -0.1) is 0 Å². The standard InChI is InChI=1S/C11H13NO3/c1-6(11(14)15)9-5-7-8(12-9)3-2-4-10(7)13/h2-4,6,9,12-13H,5H2,1H3,(H,14,15). The Bertz CT molecular complexity index is 403. The highest BCUT2D eigenvalue weighted by atomic mass is 16.4. The van der Waals surface area contributed by atoms with E-state index in [-0.39, 0.29) is 11.8 Å². The van der Waals surface area contributed by atoms with Gasteiger partial charge in [-0.05, 0) is 25.5 Å². The molecule has 80 valence electrons. The van der Waals surface area contributed by atoms with Crippen molar-refractivity contribution in [1.29, 1.82) is 0 Å². The topological polar surface area (TPSA) is 69.6 Å². The molecular formula is C11H13NO3. The van der Waals surface area contributed by atoms with Crippen LogP contribution >= 0.6 is 0 Å². The lowest BCUT2D eigenvalue weighted by molar-refractivity contribution is -0.141. The van der Waals surface area contributed by atoms with E-state index in [9.17, 15) is 9.90 Å². The number of phenolic OH excluding ortho intramolecular Hbond substituents is 1. The first-order chi connectivity index (χ1) is 7.09. The van der Waals surface area contributed by atoms with Crippen LogP contribution in [0, 0.1) is 5.92 Å². The first-order valence-corrected chi connectivity index (χ1v) is 4.90. The third-order valence-electron chi connectivity index (χ3n) is 2.91. The van der Waals surface area contributed by atoms with Gasteiger partial charge in [0.15, 0.2) is 0 Å². The summed E-state index contributed by atoms with van der Waals surface area (Å²) in [6.07, 6.45) is 0.565. The molecule has 2 atom stereocenters. The van der Waals surface area contributed by atoms with E-state index >= 15 is 0 Å². The molecule has 2 unspecified atom stereocenters. The average Bonchev–Trinajstić information content (AvgIpc) is 2.61. The Morgan fingerprint density at radius 2 is 2.33 bits per heavy atom. The Morgan fingerprint density at radius 3 is 2.93 bits per heavy atom. The summed E-state index contributed by atoms with van der Waals surface area (Å²) >= 11 is 0. The van der Waals surface area contributed by atoms with Gasteiger partial charge in [0, 0.05) is 17.3 Å². The Kier molecular flexibility index (Phi) is 2.26. The van der Waals surface area contributed by atoms with Crippen molar-refractivity contribution < 1.29 is 15.0 Å². The van der Waals surface area contributed by atoms with Gasteiger partial charge < -0.3 is 15.5 Å². The number of aliphatic carboxylic acids is 1. The molecule has 2 rings (SSSR count). The summed E-state index contributed by atoms with van der Waals surface area (Å²) < 4.78 is 0. The zero-order valence-electron chi connectivity index (χ0n) is 8.40. The molecule has 0 aromatic heterocycles. The van der Waals surface area contributed by atoms with Gasteiger partial charge in [0.2, 0.25) is 0 Å². The predicted molar refractivity (Wildman–Crippen MR) is 56.0 cm³/mol. The molecule has 1 aliphatic heterocycles. The second kappa shape index (κ2) is 3.46. The van der Waals surface area contributed by atoms with Crippen LogP contribution < -0.4 is 5.32 Å². The number of anilines is 1. The second-order valence-electron chi connectivity index (χ2n) is 3.89. The van der Waals surface area contributed by atoms with Crippen molar-refractivity contribution in [1.82, 2.24) is 0 Å². The molecule has 0 amide bonds. The van der Waals surface area contributed by atoms with Gasteiger partial charge in [0.1, 0.15) is 5.75 Å². The summed E-state index contributed by atoms with van der Waals surface area (Å²) in [5.41, 5.74) is 1.66. The first-order valence-electron chi connectivity index (χ1n) is 4.90. The van der Waals surface area contributed by atoms with Gasteiger partial charge in [-0.2, -0.15) is 0 Å². The van der Waals surface area contributed by atoms with Crippen molar-refractivity contribution in [3.63, 3.8) is 0 Å². The molecule has 4 heteroatoms. The number of hydrogen-bond donors (Lipinski definition) is 3. The summed E-state index contributed by atoms with van der Waals surface area (Å²) in [5.74, 6) is -1.04. The molecule has 0 aliphatic carbocycles. The lowest BCUT2D eigenvalue weighted by atomic mass is 9.98. The summed E-state index contributed by atoms with van der Waals surface area (Å²) in [6.45, 7) is 1.67. The maximum Gasteiger partial charge on any atom is 0.308 e. The number of rotatable bonds is 2. The minimum atomic E-state index is -0.820. The van der Waals surface area contributed by atoms with Gasteiger partial charge in [-0.1, -0.05) is 6.07 Å². The van der Waals surface area contributed by atoms with Crippen molar-refractivity contribution in [2.24, 2.45) is 5.92 Å². The number of carboxylic acid groups (broad SMARTS) is 1. The van der Waals surface area contributed by atoms with Crippen LogP contribution in [0.1, 0.15) is 12.5 Å². The maximum absolute atomic E-state index is 10.8. The van der Waals surface area contributed by atoms with Gasteiger partial charge in [0.25, 0.3) is 0 Å². The van der Waals surface area contributed by atoms with E-state index in [2.05, 4.69) is 5.32 Å². The predicted octanol–water partition coefficient (Wildman–Crippen LogP) is 1.45. The van der Waals surface area contributed by atoms with Crippen molar-refractivity contribution in [2.45, 2.75) is 19.4 Å². The summed E-state index contributed by atoms with van der Waals surface area (Å²) in [5, 5.41) is 21.6. The number of aromatic hydroxyl groups is 1. The van der Waals surface area contributed by atoms with Gasteiger partial charge in [-0.25, -0.2) is 0 Å². The SMILES string of the molecule is CC(C(=O)O)C1Cc2c(O)cccc2N1. The van der Waals surface area contributed by atoms with Crippen LogP contribution in [0.15, 0.2) is 18.2 Å². The molecule has 0 bridgehead atoms. The van der Waals surface area contributed by atoms with E-state index < -0.39 is 11.9 Å². The molecule has 0 fully saturated rings. The number of carboxylic acids is 1. The maximum atomic E-state index is 10.8. The number of fused-ring (bicyclic) bond motifs is 1. The molecule has 0 radical (unpaired) electrons. The monoisotopic (exact) mass is 207 g/mol. The van der Waals surface area contributed by atoms with E-state index in [4.69, 9.17) is 5.11 Å². The fourth-order valence-electron chi connectivity index (χ4n) is 1.87. The molecule has 0 spiro atoms. The minimum Gasteiger partial charge on any atom is -0.508 e. The van der Waals surface area contributed by atoms with E-state index in [0.717, 1.165) is 11.3 Å². The van der Waals surface area contributed by atoms with E-state index in [1.54, 1.807) is 19.1 Å². The van der Waals surface area contributed by atoms with Crippen molar-refractivity contribution in [3.8, 4) is 5.75 Å². The lowest BCUT2D eigenvalue weighted by Gasteiger charge is -2.15. The Morgan fingerprint density at radius 1 is 1.60 bits per heavy atom. The lowest BCUT2D eigenvalue weighted by Crippen LogP contribution is -2.30. The molecule has 1 aromatic carbocycles. The third kappa shape index (κ3) is 1.63. The van der Waals surface area contributed by atoms with E-state index in [1.807, 2.05) is 6.07 Å². The van der Waals surface area contributed by atoms with Gasteiger partial charge in [-0.3, -0.25) is 4.79 Å². The summed E-state index contributed by atoms with van der Waals surface area (Å²) in [4.78, 5) is 10.8. The molecular weight excluding hydrogens is 194 g/mol. The van der Waals surface area contributed by atoms with Crippen LogP contribution in [0.5, 0.6) is 5.75 Å². The fourth-order valence-corrected chi connectivity index (χ4v) is 1.87. The highest BCUT2D eigenvalue weighted by Gasteiger charge is 2.30. The Hall–Kier alpha value is -1.71. The molecule has 4 nitrogen and oxygen atoms in total. The number of phenols is 1. The van der Waals surface area contributed by atoms with Crippen LogP contribution in [0.3, 0.4) is 0 Å². The van der Waals surface area contributed by atoms with Crippen LogP contribution in [0.4, 0.5) is 5.69 Å². The number of benzene rings is 1. The zero-order chi connectivity index (χ0) is 11.0. The molecule has 3 N–H and O–H groups in total. The van der Waals surface area contributed by atoms with Crippen molar-refractivity contribution >= 4 is 11.7 Å². The largest absolute Gasteiger partial charge is 0.508 e. The molecule has 0 saturated heterocycles. The van der Waals surface area contributed by atoms with Gasteiger partial charge >= 0.3 is 5.97 Å². The molecule has 15 heavy (non-hydrogen) atoms. The van der Waals surface area contributed by atoms with Crippen molar-refractivity contribution in [3.05, 3.63) is 23.8 Å². The normalized spacial score (nSPS) is 20.5. The Labute approximate surface area is 87.6 Å². The molecule has 1 aliphatic rings. The number of carbonyl (C=O) groups is 1. The average molecular weight is 207 g/mol. The third-order valence-corrected chi connectivity index (χ3v) is 2.91.